The Labute approximate surface area is 108 Å². The molecule has 0 fully saturated rings. The van der Waals surface area contributed by atoms with Crippen LogP contribution in [0.15, 0.2) is 28.5 Å². The molecule has 0 N–H and O–H groups in total. The molecule has 0 saturated heterocycles. The SMILES string of the molecule is N#CCCC(C#N)Cn1ccc2sccc2c1=O. The Bertz CT molecular complexity index is 687. The average molecular weight is 257 g/mol. The molecule has 0 spiro atoms. The van der Waals surface area contributed by atoms with Gasteiger partial charge in [-0.2, -0.15) is 10.5 Å². The van der Waals surface area contributed by atoms with Crippen molar-refractivity contribution in [2.75, 3.05) is 0 Å². The van der Waals surface area contributed by atoms with Gasteiger partial charge in [0.1, 0.15) is 0 Å². The molecule has 1 unspecified atom stereocenters. The molecule has 2 heterocycles. The second kappa shape index (κ2) is 5.48. The van der Waals surface area contributed by atoms with Crippen molar-refractivity contribution in [2.45, 2.75) is 19.4 Å². The summed E-state index contributed by atoms with van der Waals surface area (Å²) in [4.78, 5) is 12.1. The maximum atomic E-state index is 12.1. The Morgan fingerprint density at radius 3 is 2.94 bits per heavy atom. The van der Waals surface area contributed by atoms with Crippen LogP contribution < -0.4 is 5.56 Å². The van der Waals surface area contributed by atoms with Crippen molar-refractivity contribution in [1.82, 2.24) is 4.57 Å². The minimum Gasteiger partial charge on any atom is -0.314 e. The van der Waals surface area contributed by atoms with Crippen LogP contribution in [0, 0.1) is 28.6 Å². The highest BCUT2D eigenvalue weighted by atomic mass is 32.1. The summed E-state index contributed by atoms with van der Waals surface area (Å²) in [5, 5.41) is 20.1. The Morgan fingerprint density at radius 1 is 1.39 bits per heavy atom. The van der Waals surface area contributed by atoms with E-state index in [0.29, 0.717) is 24.8 Å². The summed E-state index contributed by atoms with van der Waals surface area (Å²) in [6, 6.07) is 7.86. The normalized spacial score (nSPS) is 11.9. The number of nitriles is 2. The number of thiophene rings is 1. The fraction of sp³-hybridized carbons (Fsp3) is 0.308. The van der Waals surface area contributed by atoms with Gasteiger partial charge in [-0.1, -0.05) is 0 Å². The standard InChI is InChI=1S/C13H11N3OS/c14-5-1-2-10(8-15)9-16-6-3-12-11(13(16)17)4-7-18-12/h3-4,6-7,10H,1-2,9H2. The molecule has 2 aromatic rings. The highest BCUT2D eigenvalue weighted by Gasteiger charge is 2.10. The average Bonchev–Trinajstić information content (AvgIpc) is 2.86. The predicted molar refractivity (Wildman–Crippen MR) is 70.0 cm³/mol. The van der Waals surface area contributed by atoms with E-state index >= 15 is 0 Å². The number of aromatic nitrogens is 1. The number of hydrogen-bond acceptors (Lipinski definition) is 4. The fourth-order valence-corrected chi connectivity index (χ4v) is 2.60. The molecule has 18 heavy (non-hydrogen) atoms. The van der Waals surface area contributed by atoms with E-state index in [4.69, 9.17) is 10.5 Å². The van der Waals surface area contributed by atoms with Crippen LogP contribution in [0.1, 0.15) is 12.8 Å². The van der Waals surface area contributed by atoms with Crippen LogP contribution in [0.3, 0.4) is 0 Å². The summed E-state index contributed by atoms with van der Waals surface area (Å²) in [6.07, 6.45) is 2.56. The Balaban J connectivity index is 2.26. The van der Waals surface area contributed by atoms with E-state index in [2.05, 4.69) is 6.07 Å². The zero-order valence-corrected chi connectivity index (χ0v) is 10.5. The van der Waals surface area contributed by atoms with Crippen molar-refractivity contribution in [1.29, 1.82) is 10.5 Å². The van der Waals surface area contributed by atoms with Crippen molar-refractivity contribution in [3.63, 3.8) is 0 Å². The zero-order valence-electron chi connectivity index (χ0n) is 9.67. The summed E-state index contributed by atoms with van der Waals surface area (Å²) < 4.78 is 2.52. The van der Waals surface area contributed by atoms with Crippen LogP contribution in [0.2, 0.25) is 0 Å². The smallest absolute Gasteiger partial charge is 0.259 e. The molecule has 2 rings (SSSR count). The lowest BCUT2D eigenvalue weighted by atomic mass is 10.1. The van der Waals surface area contributed by atoms with Crippen LogP contribution in [0.4, 0.5) is 0 Å². The third kappa shape index (κ3) is 2.42. The highest BCUT2D eigenvalue weighted by molar-refractivity contribution is 7.17. The lowest BCUT2D eigenvalue weighted by molar-refractivity contribution is 0.503. The fourth-order valence-electron chi connectivity index (χ4n) is 1.82. The van der Waals surface area contributed by atoms with Gasteiger partial charge < -0.3 is 4.57 Å². The molecule has 0 aliphatic rings. The molecule has 1 atom stereocenters. The zero-order chi connectivity index (χ0) is 13.0. The third-order valence-electron chi connectivity index (χ3n) is 2.80. The van der Waals surface area contributed by atoms with Gasteiger partial charge >= 0.3 is 0 Å². The minimum absolute atomic E-state index is 0.0639. The van der Waals surface area contributed by atoms with Gasteiger partial charge in [0.15, 0.2) is 0 Å². The van der Waals surface area contributed by atoms with E-state index in [1.54, 1.807) is 16.8 Å². The lowest BCUT2D eigenvalue weighted by Gasteiger charge is -2.09. The molecule has 0 aromatic carbocycles. The van der Waals surface area contributed by atoms with Crippen molar-refractivity contribution in [2.24, 2.45) is 5.92 Å². The summed E-state index contributed by atoms with van der Waals surface area (Å²) in [5.74, 6) is -0.293. The van der Waals surface area contributed by atoms with Crippen molar-refractivity contribution in [3.05, 3.63) is 34.1 Å². The van der Waals surface area contributed by atoms with E-state index in [9.17, 15) is 4.79 Å². The molecule has 0 amide bonds. The Hall–Kier alpha value is -2.11. The largest absolute Gasteiger partial charge is 0.314 e. The topological polar surface area (TPSA) is 69.6 Å². The van der Waals surface area contributed by atoms with Crippen molar-refractivity contribution in [3.8, 4) is 12.1 Å². The van der Waals surface area contributed by atoms with Crippen molar-refractivity contribution >= 4 is 21.4 Å². The monoisotopic (exact) mass is 257 g/mol. The molecule has 0 saturated carbocycles. The number of hydrogen-bond donors (Lipinski definition) is 0. The quantitative estimate of drug-likeness (QED) is 0.845. The molecule has 0 bridgehead atoms. The van der Waals surface area contributed by atoms with E-state index < -0.39 is 0 Å². The van der Waals surface area contributed by atoms with Crippen LogP contribution in [0.25, 0.3) is 10.1 Å². The van der Waals surface area contributed by atoms with Gasteiger partial charge in [0.05, 0.1) is 23.4 Å². The molecular formula is C13H11N3OS. The predicted octanol–water partition coefficient (Wildman–Crippen LogP) is 2.51. The van der Waals surface area contributed by atoms with Gasteiger partial charge in [-0.15, -0.1) is 11.3 Å². The summed E-state index contributed by atoms with van der Waals surface area (Å²) >= 11 is 1.53. The lowest BCUT2D eigenvalue weighted by Crippen LogP contribution is -2.22. The first kappa shape index (κ1) is 12.3. The Kier molecular flexibility index (Phi) is 3.76. The first-order valence-corrected chi connectivity index (χ1v) is 6.47. The van der Waals surface area contributed by atoms with E-state index in [1.807, 2.05) is 17.5 Å². The third-order valence-corrected chi connectivity index (χ3v) is 3.68. The second-order valence-electron chi connectivity index (χ2n) is 3.99. The molecule has 0 aliphatic heterocycles. The molecule has 4 nitrogen and oxygen atoms in total. The summed E-state index contributed by atoms with van der Waals surface area (Å²) in [7, 11) is 0. The first-order chi connectivity index (χ1) is 8.76. The number of fused-ring (bicyclic) bond motifs is 1. The van der Waals surface area contributed by atoms with E-state index in [0.717, 1.165) is 4.70 Å². The van der Waals surface area contributed by atoms with Crippen LogP contribution in [0.5, 0.6) is 0 Å². The van der Waals surface area contributed by atoms with Gasteiger partial charge in [0.25, 0.3) is 5.56 Å². The van der Waals surface area contributed by atoms with E-state index in [1.165, 1.54) is 11.3 Å². The number of rotatable bonds is 4. The molecule has 2 aromatic heterocycles. The highest BCUT2D eigenvalue weighted by Crippen LogP contribution is 2.17. The van der Waals surface area contributed by atoms with Crippen molar-refractivity contribution < 1.29 is 0 Å². The number of nitrogens with zero attached hydrogens (tertiary/aromatic N) is 3. The summed E-state index contributed by atoms with van der Waals surface area (Å²) in [5.41, 5.74) is -0.0639. The minimum atomic E-state index is -0.293. The Morgan fingerprint density at radius 2 is 2.22 bits per heavy atom. The molecule has 5 heteroatoms. The van der Waals surface area contributed by atoms with Gasteiger partial charge in [-0.05, 0) is 23.9 Å². The molecule has 0 radical (unpaired) electrons. The van der Waals surface area contributed by atoms with Gasteiger partial charge in [-0.25, -0.2) is 0 Å². The maximum Gasteiger partial charge on any atom is 0.259 e. The second-order valence-corrected chi connectivity index (χ2v) is 4.94. The van der Waals surface area contributed by atoms with Gasteiger partial charge in [0.2, 0.25) is 0 Å². The molecule has 90 valence electrons. The first-order valence-electron chi connectivity index (χ1n) is 5.59. The molecular weight excluding hydrogens is 246 g/mol. The van der Waals surface area contributed by atoms with Crippen LogP contribution >= 0.6 is 11.3 Å². The van der Waals surface area contributed by atoms with Crippen LogP contribution in [-0.4, -0.2) is 4.57 Å². The molecule has 0 aliphatic carbocycles. The van der Waals surface area contributed by atoms with E-state index in [-0.39, 0.29) is 11.5 Å². The van der Waals surface area contributed by atoms with Crippen LogP contribution in [-0.2, 0) is 6.54 Å². The van der Waals surface area contributed by atoms with Gasteiger partial charge in [0, 0.05) is 23.9 Å². The summed E-state index contributed by atoms with van der Waals surface area (Å²) in [6.45, 7) is 0.350. The van der Waals surface area contributed by atoms with Gasteiger partial charge in [-0.3, -0.25) is 4.79 Å². The maximum absolute atomic E-state index is 12.1. The number of pyridine rings is 1.